The summed E-state index contributed by atoms with van der Waals surface area (Å²) < 4.78 is 31.6. The van der Waals surface area contributed by atoms with Crippen molar-refractivity contribution >= 4 is 27.6 Å². The maximum Gasteiger partial charge on any atom is 0.338 e. The molecule has 29 heavy (non-hydrogen) atoms. The number of anilines is 1. The van der Waals surface area contributed by atoms with Crippen LogP contribution in [-0.2, 0) is 19.6 Å². The van der Waals surface area contributed by atoms with Crippen LogP contribution in [0.2, 0.25) is 0 Å². The monoisotopic (exact) mass is 416 g/mol. The smallest absolute Gasteiger partial charge is 0.338 e. The van der Waals surface area contributed by atoms with Gasteiger partial charge in [0.25, 0.3) is 5.91 Å². The Morgan fingerprint density at radius 3 is 2.34 bits per heavy atom. The number of hydrogen-bond acceptors (Lipinski definition) is 5. The Kier molecular flexibility index (Phi) is 6.34. The molecule has 0 spiro atoms. The summed E-state index contributed by atoms with van der Waals surface area (Å²) in [4.78, 5) is 24.5. The molecule has 1 aliphatic heterocycles. The maximum absolute atomic E-state index is 12.5. The Bertz CT molecular complexity index is 1010. The molecule has 7 nitrogen and oxygen atoms in total. The average Bonchev–Trinajstić information content (AvgIpc) is 3.24. The lowest BCUT2D eigenvalue weighted by molar-refractivity contribution is -0.119. The third-order valence-electron chi connectivity index (χ3n) is 4.79. The summed E-state index contributed by atoms with van der Waals surface area (Å²) in [7, 11) is -3.49. The fourth-order valence-corrected chi connectivity index (χ4v) is 4.67. The molecule has 1 amide bonds. The first-order valence-electron chi connectivity index (χ1n) is 9.42. The van der Waals surface area contributed by atoms with Crippen molar-refractivity contribution in [3.63, 3.8) is 0 Å². The number of carbonyl (C=O) groups is 2. The molecule has 1 aliphatic rings. The average molecular weight is 416 g/mol. The molecule has 0 bridgehead atoms. The summed E-state index contributed by atoms with van der Waals surface area (Å²) in [5.41, 5.74) is 2.55. The second-order valence-corrected chi connectivity index (χ2v) is 9.02. The number of amides is 1. The number of sulfonamides is 1. The molecule has 0 aliphatic carbocycles. The molecule has 3 rings (SSSR count). The first-order chi connectivity index (χ1) is 13.8. The molecule has 0 saturated carbocycles. The van der Waals surface area contributed by atoms with Crippen LogP contribution >= 0.6 is 0 Å². The molecule has 0 unspecified atom stereocenters. The summed E-state index contributed by atoms with van der Waals surface area (Å²) in [6.45, 7) is 4.31. The van der Waals surface area contributed by atoms with E-state index in [1.54, 1.807) is 13.0 Å². The van der Waals surface area contributed by atoms with Crippen LogP contribution in [0.1, 0.15) is 34.3 Å². The highest BCUT2D eigenvalue weighted by atomic mass is 32.2. The van der Waals surface area contributed by atoms with E-state index in [0.29, 0.717) is 24.3 Å². The zero-order chi connectivity index (χ0) is 21.0. The minimum atomic E-state index is -3.49. The van der Waals surface area contributed by atoms with E-state index < -0.39 is 28.5 Å². The fourth-order valence-electron chi connectivity index (χ4n) is 3.15. The Morgan fingerprint density at radius 2 is 1.69 bits per heavy atom. The number of esters is 1. The van der Waals surface area contributed by atoms with Crippen LogP contribution in [0.4, 0.5) is 5.69 Å². The highest BCUT2D eigenvalue weighted by Gasteiger charge is 2.26. The topological polar surface area (TPSA) is 92.8 Å². The lowest BCUT2D eigenvalue weighted by Crippen LogP contribution is -2.27. The van der Waals surface area contributed by atoms with E-state index in [2.05, 4.69) is 5.32 Å². The fraction of sp³-hybridized carbons (Fsp3) is 0.333. The first-order valence-corrected chi connectivity index (χ1v) is 10.9. The quantitative estimate of drug-likeness (QED) is 0.731. The molecule has 8 heteroatoms. The highest BCUT2D eigenvalue weighted by molar-refractivity contribution is 7.89. The Morgan fingerprint density at radius 1 is 1.03 bits per heavy atom. The van der Waals surface area contributed by atoms with E-state index in [-0.39, 0.29) is 4.90 Å². The first kappa shape index (κ1) is 21.0. The third kappa shape index (κ3) is 5.02. The van der Waals surface area contributed by atoms with E-state index in [9.17, 15) is 18.0 Å². The Labute approximate surface area is 170 Å². The lowest BCUT2D eigenvalue weighted by atomic mass is 10.1. The second kappa shape index (κ2) is 8.75. The second-order valence-electron chi connectivity index (χ2n) is 7.08. The Balaban J connectivity index is 1.57. The lowest BCUT2D eigenvalue weighted by Gasteiger charge is -2.15. The van der Waals surface area contributed by atoms with Crippen molar-refractivity contribution in [1.29, 1.82) is 0 Å². The van der Waals surface area contributed by atoms with Gasteiger partial charge in [0.05, 0.1) is 10.5 Å². The van der Waals surface area contributed by atoms with Gasteiger partial charge >= 0.3 is 5.97 Å². The largest absolute Gasteiger partial charge is 0.452 e. The van der Waals surface area contributed by atoms with Crippen LogP contribution in [0, 0.1) is 13.8 Å². The molecule has 1 N–H and O–H groups in total. The van der Waals surface area contributed by atoms with Crippen molar-refractivity contribution in [2.45, 2.75) is 31.6 Å². The predicted molar refractivity (Wildman–Crippen MR) is 109 cm³/mol. The zero-order valence-electron chi connectivity index (χ0n) is 16.5. The summed E-state index contributed by atoms with van der Waals surface area (Å²) in [6, 6.07) is 11.4. The van der Waals surface area contributed by atoms with Crippen LogP contribution in [0.25, 0.3) is 0 Å². The molecule has 0 radical (unpaired) electrons. The van der Waals surface area contributed by atoms with E-state index in [0.717, 1.165) is 24.0 Å². The van der Waals surface area contributed by atoms with Gasteiger partial charge in [0, 0.05) is 18.8 Å². The predicted octanol–water partition coefficient (Wildman–Crippen LogP) is 2.88. The van der Waals surface area contributed by atoms with Crippen molar-refractivity contribution < 1.29 is 22.7 Å². The summed E-state index contributed by atoms with van der Waals surface area (Å²) in [6.07, 6.45) is 1.74. The number of carbonyl (C=O) groups excluding carboxylic acids is 2. The van der Waals surface area contributed by atoms with E-state index >= 15 is 0 Å². The normalized spacial score (nSPS) is 14.6. The molecule has 0 atom stereocenters. The van der Waals surface area contributed by atoms with Gasteiger partial charge in [-0.1, -0.05) is 17.7 Å². The van der Waals surface area contributed by atoms with Crippen LogP contribution in [-0.4, -0.2) is 44.3 Å². The SMILES string of the molecule is Cc1ccc(C)c(C(=O)OCC(=O)Nc2ccc(S(=O)(=O)N3CCCC3)cc2)c1. The van der Waals surface area contributed by atoms with Gasteiger partial charge in [0.15, 0.2) is 6.61 Å². The van der Waals surface area contributed by atoms with Gasteiger partial charge < -0.3 is 10.1 Å². The molecule has 1 saturated heterocycles. The molecular formula is C21H24N2O5S. The van der Waals surface area contributed by atoms with Gasteiger partial charge in [-0.05, 0) is 62.6 Å². The van der Waals surface area contributed by atoms with Crippen molar-refractivity contribution in [3.8, 4) is 0 Å². The molecule has 2 aromatic rings. The summed E-state index contributed by atoms with van der Waals surface area (Å²) in [5.74, 6) is -1.06. The van der Waals surface area contributed by atoms with Crippen molar-refractivity contribution in [2.75, 3.05) is 25.0 Å². The number of hydrogen-bond donors (Lipinski definition) is 1. The van der Waals surface area contributed by atoms with E-state index in [1.807, 2.05) is 19.1 Å². The molecule has 0 aromatic heterocycles. The number of nitrogens with one attached hydrogen (secondary N) is 1. The minimum Gasteiger partial charge on any atom is -0.452 e. The van der Waals surface area contributed by atoms with Gasteiger partial charge in [0.1, 0.15) is 0 Å². The van der Waals surface area contributed by atoms with Crippen LogP contribution < -0.4 is 5.32 Å². The van der Waals surface area contributed by atoms with Crippen molar-refractivity contribution in [1.82, 2.24) is 4.31 Å². The van der Waals surface area contributed by atoms with Crippen molar-refractivity contribution in [3.05, 3.63) is 59.2 Å². The zero-order valence-corrected chi connectivity index (χ0v) is 17.3. The molecule has 154 valence electrons. The third-order valence-corrected chi connectivity index (χ3v) is 6.70. The standard InChI is InChI=1S/C21H24N2O5S/c1-15-5-6-16(2)19(13-15)21(25)28-14-20(24)22-17-7-9-18(10-8-17)29(26,27)23-11-3-4-12-23/h5-10,13H,3-4,11-12,14H2,1-2H3,(H,22,24). The van der Waals surface area contributed by atoms with Crippen molar-refractivity contribution in [2.24, 2.45) is 0 Å². The molecule has 1 fully saturated rings. The number of rotatable bonds is 6. The van der Waals surface area contributed by atoms with Gasteiger partial charge in [0.2, 0.25) is 10.0 Å². The number of ether oxygens (including phenoxy) is 1. The van der Waals surface area contributed by atoms with Crippen LogP contribution in [0.3, 0.4) is 0 Å². The molecule has 2 aromatic carbocycles. The van der Waals surface area contributed by atoms with E-state index in [4.69, 9.17) is 4.74 Å². The van der Waals surface area contributed by atoms with Gasteiger partial charge in [-0.2, -0.15) is 4.31 Å². The minimum absolute atomic E-state index is 0.193. The van der Waals surface area contributed by atoms with Gasteiger partial charge in [-0.15, -0.1) is 0 Å². The molecular weight excluding hydrogens is 392 g/mol. The van der Waals surface area contributed by atoms with Crippen LogP contribution in [0.15, 0.2) is 47.4 Å². The van der Waals surface area contributed by atoms with Gasteiger partial charge in [-0.3, -0.25) is 4.79 Å². The summed E-state index contributed by atoms with van der Waals surface area (Å²) in [5, 5.41) is 2.60. The maximum atomic E-state index is 12.5. The van der Waals surface area contributed by atoms with Crippen LogP contribution in [0.5, 0.6) is 0 Å². The number of benzene rings is 2. The highest BCUT2D eigenvalue weighted by Crippen LogP contribution is 2.22. The molecule has 1 heterocycles. The Hall–Kier alpha value is -2.71. The summed E-state index contributed by atoms with van der Waals surface area (Å²) >= 11 is 0. The number of aryl methyl sites for hydroxylation is 2. The number of nitrogens with zero attached hydrogens (tertiary/aromatic N) is 1. The van der Waals surface area contributed by atoms with Gasteiger partial charge in [-0.25, -0.2) is 13.2 Å². The van der Waals surface area contributed by atoms with E-state index in [1.165, 1.54) is 28.6 Å².